The van der Waals surface area contributed by atoms with Gasteiger partial charge in [-0.05, 0) is 68.1 Å². The van der Waals surface area contributed by atoms with Crippen molar-refractivity contribution in [3.63, 3.8) is 0 Å². The summed E-state index contributed by atoms with van der Waals surface area (Å²) in [6.07, 6.45) is 6.64. The molecule has 12 heteroatoms. The zero-order valence-electron chi connectivity index (χ0n) is 28.4. The number of nitrogen functional groups attached to an aromatic ring is 1. The van der Waals surface area contributed by atoms with E-state index in [1.54, 1.807) is 30.7 Å². The number of fused-ring (bicyclic) bond motifs is 3. The van der Waals surface area contributed by atoms with E-state index in [9.17, 15) is 14.4 Å². The van der Waals surface area contributed by atoms with Crippen molar-refractivity contribution < 1.29 is 19.1 Å². The van der Waals surface area contributed by atoms with Crippen LogP contribution in [0.1, 0.15) is 60.2 Å². The molecule has 1 aromatic heterocycles. The second-order valence-electron chi connectivity index (χ2n) is 11.7. The van der Waals surface area contributed by atoms with E-state index >= 15 is 0 Å². The molecule has 4 N–H and O–H groups in total. The van der Waals surface area contributed by atoms with Crippen LogP contribution >= 0.6 is 0 Å². The van der Waals surface area contributed by atoms with Crippen molar-refractivity contribution in [2.24, 2.45) is 0 Å². The van der Waals surface area contributed by atoms with Crippen LogP contribution in [0, 0.1) is 5.41 Å². The summed E-state index contributed by atoms with van der Waals surface area (Å²) in [6.45, 7) is 8.48. The number of carbonyl (C=O) groups is 3. The molecular formula is C35H48BN7O4. The summed E-state index contributed by atoms with van der Waals surface area (Å²) in [5.74, 6) is 0.167. The molecule has 1 aliphatic heterocycles. The number of carbonyl (C=O) groups excluding carboxylic acids is 3. The molecule has 2 aromatic carbocycles. The molecular weight excluding hydrogens is 593 g/mol. The average Bonchev–Trinajstić information content (AvgIpc) is 3.34. The third-order valence-electron chi connectivity index (χ3n) is 8.59. The van der Waals surface area contributed by atoms with E-state index in [0.29, 0.717) is 37.4 Å². The SMILES string of the molecule is CB=O.CC(=O)N1CCN(C(=O)c2ccc(-c3nc4ccc(N)c(C=N)c4c4c3CCCCC4)cc2)CC1.CNCCN(C)C(C)=O. The molecule has 0 spiro atoms. The molecule has 47 heavy (non-hydrogen) atoms. The Bertz CT molecular complexity index is 1570. The topological polar surface area (TPSA) is 153 Å². The van der Waals surface area contributed by atoms with Gasteiger partial charge in [-0.25, -0.2) is 4.98 Å². The summed E-state index contributed by atoms with van der Waals surface area (Å²) in [4.78, 5) is 45.5. The molecule has 11 nitrogen and oxygen atoms in total. The number of benzene rings is 2. The van der Waals surface area contributed by atoms with E-state index in [-0.39, 0.29) is 17.7 Å². The monoisotopic (exact) mass is 641 g/mol. The predicted molar refractivity (Wildman–Crippen MR) is 188 cm³/mol. The molecule has 0 atom stereocenters. The third-order valence-corrected chi connectivity index (χ3v) is 8.59. The minimum Gasteiger partial charge on any atom is -0.398 e. The Labute approximate surface area is 278 Å². The van der Waals surface area contributed by atoms with Crippen LogP contribution < -0.4 is 11.1 Å². The van der Waals surface area contributed by atoms with Gasteiger partial charge >= 0.3 is 18.7 Å². The van der Waals surface area contributed by atoms with Crippen LogP contribution in [0.4, 0.5) is 5.69 Å². The fourth-order valence-corrected chi connectivity index (χ4v) is 5.85. The minimum absolute atomic E-state index is 0.00356. The summed E-state index contributed by atoms with van der Waals surface area (Å²) < 4.78 is 8.81. The Morgan fingerprint density at radius 2 is 1.57 bits per heavy atom. The number of rotatable bonds is 6. The summed E-state index contributed by atoms with van der Waals surface area (Å²) in [5, 5.41) is 11.9. The number of amides is 3. The van der Waals surface area contributed by atoms with Crippen molar-refractivity contribution in [1.29, 1.82) is 5.41 Å². The Morgan fingerprint density at radius 3 is 2.13 bits per heavy atom. The summed E-state index contributed by atoms with van der Waals surface area (Å²) >= 11 is 0. The molecule has 0 unspecified atom stereocenters. The number of nitrogens with zero attached hydrogens (tertiary/aromatic N) is 4. The van der Waals surface area contributed by atoms with Gasteiger partial charge in [0.25, 0.3) is 5.91 Å². The number of hydrogen-bond donors (Lipinski definition) is 3. The van der Waals surface area contributed by atoms with Crippen LogP contribution in [-0.2, 0) is 27.1 Å². The fourth-order valence-electron chi connectivity index (χ4n) is 5.85. The first-order chi connectivity index (χ1) is 22.6. The van der Waals surface area contributed by atoms with Gasteiger partial charge in [0.1, 0.15) is 0 Å². The van der Waals surface area contributed by atoms with Crippen molar-refractivity contribution in [2.45, 2.75) is 52.8 Å². The number of nitrogens with two attached hydrogens (primary N) is 1. The van der Waals surface area contributed by atoms with E-state index in [1.807, 2.05) is 48.3 Å². The Hall–Kier alpha value is -4.45. The maximum atomic E-state index is 13.1. The van der Waals surface area contributed by atoms with Gasteiger partial charge in [0.05, 0.1) is 11.2 Å². The Balaban J connectivity index is 0.000000429. The van der Waals surface area contributed by atoms with Crippen LogP contribution in [0.25, 0.3) is 22.2 Å². The van der Waals surface area contributed by atoms with Crippen LogP contribution in [0.15, 0.2) is 36.4 Å². The Kier molecular flexibility index (Phi) is 14.2. The summed E-state index contributed by atoms with van der Waals surface area (Å²) in [7, 11) is 4.41. The van der Waals surface area contributed by atoms with Gasteiger partial charge in [-0.3, -0.25) is 14.4 Å². The number of pyridine rings is 1. The van der Waals surface area contributed by atoms with Gasteiger partial charge in [0.15, 0.2) is 0 Å². The van der Waals surface area contributed by atoms with E-state index in [4.69, 9.17) is 20.8 Å². The first kappa shape index (κ1) is 37.0. The number of likely N-dealkylation sites (N-methyl/N-ethyl adjacent to an activating group) is 2. The Morgan fingerprint density at radius 1 is 0.979 bits per heavy atom. The maximum Gasteiger partial charge on any atom is 0.253 e. The first-order valence-corrected chi connectivity index (χ1v) is 16.2. The van der Waals surface area contributed by atoms with E-state index in [0.717, 1.165) is 73.6 Å². The normalized spacial score (nSPS) is 13.9. The number of aryl methyl sites for hydroxylation is 1. The number of anilines is 1. The minimum atomic E-state index is -0.00356. The summed E-state index contributed by atoms with van der Waals surface area (Å²) in [6, 6.07) is 11.5. The standard InChI is InChI=1S/C28H31N5O2.C6H14N2O.CH3BO/c1-18(34)32-13-15-33(16-14-32)28(35)20-9-7-19(8-10-20)27-22-6-4-2-3-5-21(22)26-23(17-29)24(30)11-12-25(26)31-27;1-6(9)8(3)5-4-7-2;1-2-3/h7-12,17,29H,2-6,13-16,30H2,1H3;7H,4-5H2,1-3H3;1H3. The number of hydrogen-bond acceptors (Lipinski definition) is 8. The zero-order chi connectivity index (χ0) is 34.5. The quantitative estimate of drug-likeness (QED) is 0.160. The van der Waals surface area contributed by atoms with Crippen molar-refractivity contribution >= 4 is 47.7 Å². The molecule has 5 rings (SSSR count). The number of nitrogens with one attached hydrogen (secondary N) is 2. The molecule has 3 amide bonds. The van der Waals surface area contributed by atoms with Crippen molar-refractivity contribution in [2.75, 3.05) is 59.1 Å². The van der Waals surface area contributed by atoms with E-state index in [2.05, 4.69) is 5.32 Å². The first-order valence-electron chi connectivity index (χ1n) is 16.2. The van der Waals surface area contributed by atoms with Crippen molar-refractivity contribution in [3.8, 4) is 11.3 Å². The maximum absolute atomic E-state index is 13.1. The number of piperazine rings is 1. The van der Waals surface area contributed by atoms with Gasteiger partial charge in [0, 0.05) is 94.1 Å². The second kappa shape index (κ2) is 18.0. The van der Waals surface area contributed by atoms with Crippen LogP contribution in [0.5, 0.6) is 0 Å². The van der Waals surface area contributed by atoms with Crippen molar-refractivity contribution in [3.05, 3.63) is 58.7 Å². The average molecular weight is 642 g/mol. The largest absolute Gasteiger partial charge is 0.398 e. The van der Waals surface area contributed by atoms with Crippen LogP contribution in [0.2, 0.25) is 6.82 Å². The molecule has 0 saturated carbocycles. The van der Waals surface area contributed by atoms with Gasteiger partial charge in [-0.2, -0.15) is 0 Å². The molecule has 2 aliphatic rings. The predicted octanol–water partition coefficient (Wildman–Crippen LogP) is 3.82. The molecule has 1 fully saturated rings. The zero-order valence-corrected chi connectivity index (χ0v) is 28.4. The molecule has 0 radical (unpaired) electrons. The van der Waals surface area contributed by atoms with Gasteiger partial charge in [-0.1, -0.05) is 18.6 Å². The van der Waals surface area contributed by atoms with Gasteiger partial charge in [-0.15, -0.1) is 0 Å². The van der Waals surface area contributed by atoms with Crippen molar-refractivity contribution in [1.82, 2.24) is 25.0 Å². The molecule has 250 valence electrons. The van der Waals surface area contributed by atoms with Crippen LogP contribution in [-0.4, -0.2) is 104 Å². The molecule has 2 heterocycles. The van der Waals surface area contributed by atoms with Crippen LogP contribution in [0.3, 0.4) is 0 Å². The van der Waals surface area contributed by atoms with Gasteiger partial charge < -0.3 is 31.2 Å². The van der Waals surface area contributed by atoms with Gasteiger partial charge in [0.2, 0.25) is 11.8 Å². The molecule has 1 aliphatic carbocycles. The molecule has 0 bridgehead atoms. The fraction of sp³-hybridized carbons (Fsp3) is 0.457. The van der Waals surface area contributed by atoms with E-state index in [1.165, 1.54) is 30.6 Å². The third kappa shape index (κ3) is 9.54. The number of aromatic nitrogens is 1. The smallest absolute Gasteiger partial charge is 0.253 e. The second-order valence-corrected chi connectivity index (χ2v) is 11.7. The van der Waals surface area contributed by atoms with E-state index < -0.39 is 0 Å². The molecule has 1 saturated heterocycles. The molecule has 3 aromatic rings. The summed E-state index contributed by atoms with van der Waals surface area (Å²) in [5.41, 5.74) is 13.5.